The highest BCUT2D eigenvalue weighted by Crippen LogP contribution is 2.25. The Bertz CT molecular complexity index is 677. The molecular weight excluding hydrogens is 268 g/mol. The second kappa shape index (κ2) is 4.78. The molecule has 0 bridgehead atoms. The number of hydrogen-bond acceptors (Lipinski definition) is 3. The fourth-order valence-electron chi connectivity index (χ4n) is 1.78. The number of halogens is 1. The number of ketones is 1. The number of nitrogens with two attached hydrogens (primary N) is 1. The monoisotopic (exact) mass is 278 g/mol. The van der Waals surface area contributed by atoms with Crippen LogP contribution >= 0.6 is 11.6 Å². The number of anilines is 1. The highest BCUT2D eigenvalue weighted by molar-refractivity contribution is 6.37. The van der Waals surface area contributed by atoms with E-state index in [9.17, 15) is 9.59 Å². The Morgan fingerprint density at radius 2 is 2.05 bits per heavy atom. The molecule has 0 saturated carbocycles. The van der Waals surface area contributed by atoms with Gasteiger partial charge in [0.05, 0.1) is 10.7 Å². The Hall–Kier alpha value is -2.27. The fraction of sp³-hybridized carbons (Fsp3) is 0.0769. The third kappa shape index (κ3) is 2.32. The van der Waals surface area contributed by atoms with Gasteiger partial charge in [-0.05, 0) is 18.2 Å². The van der Waals surface area contributed by atoms with Crippen molar-refractivity contribution in [3.63, 3.8) is 0 Å². The molecule has 0 saturated heterocycles. The Morgan fingerprint density at radius 1 is 1.37 bits per heavy atom. The molecule has 0 unspecified atom stereocenters. The first-order chi connectivity index (χ1) is 8.91. The van der Waals surface area contributed by atoms with Gasteiger partial charge in [0, 0.05) is 24.4 Å². The van der Waals surface area contributed by atoms with Crippen molar-refractivity contribution < 1.29 is 14.7 Å². The number of rotatable bonds is 3. The molecule has 3 N–H and O–H groups in total. The molecule has 2 aromatic rings. The molecule has 0 spiro atoms. The van der Waals surface area contributed by atoms with E-state index in [1.807, 2.05) is 0 Å². The number of hydrogen-bond donors (Lipinski definition) is 2. The van der Waals surface area contributed by atoms with Crippen molar-refractivity contribution in [3.8, 4) is 0 Å². The van der Waals surface area contributed by atoms with Crippen LogP contribution in [0, 0.1) is 0 Å². The van der Waals surface area contributed by atoms with E-state index in [4.69, 9.17) is 22.4 Å². The first-order valence-electron chi connectivity index (χ1n) is 5.40. The highest BCUT2D eigenvalue weighted by Gasteiger charge is 2.18. The summed E-state index contributed by atoms with van der Waals surface area (Å²) in [5.74, 6) is -1.46. The van der Waals surface area contributed by atoms with Crippen LogP contribution in [0.15, 0.2) is 30.5 Å². The van der Waals surface area contributed by atoms with Crippen molar-refractivity contribution in [2.45, 2.75) is 0 Å². The smallest absolute Gasteiger partial charge is 0.352 e. The van der Waals surface area contributed by atoms with Gasteiger partial charge < -0.3 is 15.4 Å². The van der Waals surface area contributed by atoms with Gasteiger partial charge in [-0.25, -0.2) is 4.79 Å². The molecular formula is C13H11ClN2O3. The predicted molar refractivity (Wildman–Crippen MR) is 71.7 cm³/mol. The molecule has 0 amide bonds. The summed E-state index contributed by atoms with van der Waals surface area (Å²) in [7, 11) is 1.56. The average Bonchev–Trinajstić information content (AvgIpc) is 2.74. The Kier molecular flexibility index (Phi) is 3.31. The van der Waals surface area contributed by atoms with Crippen LogP contribution < -0.4 is 5.73 Å². The number of aromatic nitrogens is 1. The van der Waals surface area contributed by atoms with E-state index < -0.39 is 5.97 Å². The third-order valence-corrected chi connectivity index (χ3v) is 3.18. The van der Waals surface area contributed by atoms with E-state index >= 15 is 0 Å². The van der Waals surface area contributed by atoms with Gasteiger partial charge in [0.2, 0.25) is 0 Å². The fourth-order valence-corrected chi connectivity index (χ4v) is 1.99. The molecule has 19 heavy (non-hydrogen) atoms. The van der Waals surface area contributed by atoms with Gasteiger partial charge in [-0.15, -0.1) is 0 Å². The van der Waals surface area contributed by atoms with Crippen molar-refractivity contribution in [1.82, 2.24) is 4.57 Å². The SMILES string of the molecule is Cn1cc(C(=O)c2cccc(N)c2Cl)cc1C(=O)O. The molecule has 5 nitrogen and oxygen atoms in total. The second-order valence-corrected chi connectivity index (χ2v) is 4.45. The van der Waals surface area contributed by atoms with E-state index in [1.165, 1.54) is 16.8 Å². The van der Waals surface area contributed by atoms with Gasteiger partial charge >= 0.3 is 5.97 Å². The predicted octanol–water partition coefficient (Wildman–Crippen LogP) is 2.19. The van der Waals surface area contributed by atoms with Gasteiger partial charge in [0.25, 0.3) is 0 Å². The maximum atomic E-state index is 12.3. The number of nitrogens with zero attached hydrogens (tertiary/aromatic N) is 1. The molecule has 6 heteroatoms. The highest BCUT2D eigenvalue weighted by atomic mass is 35.5. The van der Waals surface area contributed by atoms with Crippen LogP contribution in [-0.2, 0) is 7.05 Å². The molecule has 0 radical (unpaired) electrons. The largest absolute Gasteiger partial charge is 0.477 e. The third-order valence-electron chi connectivity index (χ3n) is 2.76. The van der Waals surface area contributed by atoms with Crippen molar-refractivity contribution in [2.75, 3.05) is 5.73 Å². The molecule has 1 aromatic carbocycles. The lowest BCUT2D eigenvalue weighted by atomic mass is 10.1. The number of carboxylic acids is 1. The first kappa shape index (κ1) is 13.2. The molecule has 0 atom stereocenters. The van der Waals surface area contributed by atoms with Gasteiger partial charge in [-0.1, -0.05) is 17.7 Å². The maximum Gasteiger partial charge on any atom is 0.352 e. The van der Waals surface area contributed by atoms with Crippen LogP contribution in [-0.4, -0.2) is 21.4 Å². The van der Waals surface area contributed by atoms with E-state index in [0.717, 1.165) is 0 Å². The first-order valence-corrected chi connectivity index (χ1v) is 5.78. The van der Waals surface area contributed by atoms with Gasteiger partial charge in [0.1, 0.15) is 5.69 Å². The lowest BCUT2D eigenvalue weighted by Crippen LogP contribution is -2.02. The molecule has 1 heterocycles. The summed E-state index contributed by atoms with van der Waals surface area (Å²) in [6, 6.07) is 6.07. The number of carbonyl (C=O) groups excluding carboxylic acids is 1. The van der Waals surface area contributed by atoms with Crippen molar-refractivity contribution in [1.29, 1.82) is 0 Å². The number of benzene rings is 1. The molecule has 0 aliphatic heterocycles. The lowest BCUT2D eigenvalue weighted by Gasteiger charge is -2.04. The quantitative estimate of drug-likeness (QED) is 0.666. The standard InChI is InChI=1S/C13H11ClN2O3/c1-16-6-7(5-10(16)13(18)19)12(17)8-3-2-4-9(15)11(8)14/h2-6H,15H2,1H3,(H,18,19). The van der Waals surface area contributed by atoms with Gasteiger partial charge in [-0.2, -0.15) is 0 Å². The number of carbonyl (C=O) groups is 2. The molecule has 98 valence electrons. The normalized spacial score (nSPS) is 10.4. The van der Waals surface area contributed by atoms with Crippen molar-refractivity contribution >= 4 is 29.0 Å². The molecule has 0 fully saturated rings. The van der Waals surface area contributed by atoms with Crippen LogP contribution in [0.4, 0.5) is 5.69 Å². The summed E-state index contributed by atoms with van der Waals surface area (Å²) >= 11 is 5.98. The Labute approximate surface area is 114 Å². The van der Waals surface area contributed by atoms with Crippen LogP contribution in [0.3, 0.4) is 0 Å². The van der Waals surface area contributed by atoms with Crippen LogP contribution in [0.1, 0.15) is 26.4 Å². The molecule has 0 aliphatic carbocycles. The Morgan fingerprint density at radius 3 is 2.63 bits per heavy atom. The average molecular weight is 279 g/mol. The molecule has 2 rings (SSSR count). The number of carboxylic acid groups (broad SMARTS) is 1. The summed E-state index contributed by atoms with van der Waals surface area (Å²) in [5.41, 5.74) is 6.49. The molecule has 1 aromatic heterocycles. The van der Waals surface area contributed by atoms with Crippen LogP contribution in [0.5, 0.6) is 0 Å². The van der Waals surface area contributed by atoms with Crippen LogP contribution in [0.25, 0.3) is 0 Å². The van der Waals surface area contributed by atoms with Gasteiger partial charge in [-0.3, -0.25) is 4.79 Å². The number of aryl methyl sites for hydroxylation is 1. The van der Waals surface area contributed by atoms with E-state index in [-0.39, 0.29) is 27.6 Å². The van der Waals surface area contributed by atoms with E-state index in [2.05, 4.69) is 0 Å². The summed E-state index contributed by atoms with van der Waals surface area (Å²) < 4.78 is 1.37. The lowest BCUT2D eigenvalue weighted by molar-refractivity contribution is 0.0686. The van der Waals surface area contributed by atoms with Gasteiger partial charge in [0.15, 0.2) is 5.78 Å². The minimum atomic E-state index is -1.10. The van der Waals surface area contributed by atoms with E-state index in [0.29, 0.717) is 5.69 Å². The Balaban J connectivity index is 2.48. The van der Waals surface area contributed by atoms with Crippen molar-refractivity contribution in [3.05, 3.63) is 52.3 Å². The topological polar surface area (TPSA) is 85.3 Å². The zero-order valence-corrected chi connectivity index (χ0v) is 10.8. The second-order valence-electron chi connectivity index (χ2n) is 4.07. The summed E-state index contributed by atoms with van der Waals surface area (Å²) in [5, 5.41) is 9.13. The summed E-state index contributed by atoms with van der Waals surface area (Å²) in [6.45, 7) is 0. The van der Waals surface area contributed by atoms with E-state index in [1.54, 1.807) is 25.2 Å². The number of nitrogen functional groups attached to an aromatic ring is 1. The maximum absolute atomic E-state index is 12.3. The van der Waals surface area contributed by atoms with Crippen molar-refractivity contribution in [2.24, 2.45) is 7.05 Å². The zero-order chi connectivity index (χ0) is 14.2. The summed E-state index contributed by atoms with van der Waals surface area (Å²) in [4.78, 5) is 23.2. The minimum absolute atomic E-state index is 0.0309. The van der Waals surface area contributed by atoms with Crippen LogP contribution in [0.2, 0.25) is 5.02 Å². The minimum Gasteiger partial charge on any atom is -0.477 e. The molecule has 0 aliphatic rings. The zero-order valence-electron chi connectivity index (χ0n) is 10.1. The summed E-state index contributed by atoms with van der Waals surface area (Å²) in [6.07, 6.45) is 1.45. The number of aromatic carboxylic acids is 1.